The SMILES string of the molecule is C1=C2C=C(CCCC/C=C/1)C2. The Bertz CT molecular complexity index is 228. The van der Waals surface area contributed by atoms with E-state index in [0.717, 1.165) is 0 Å². The van der Waals surface area contributed by atoms with Gasteiger partial charge in [-0.05, 0) is 37.7 Å². The van der Waals surface area contributed by atoms with Crippen LogP contribution in [0.15, 0.2) is 35.5 Å². The van der Waals surface area contributed by atoms with Crippen molar-refractivity contribution in [3.8, 4) is 0 Å². The van der Waals surface area contributed by atoms with Gasteiger partial charge in [0.25, 0.3) is 0 Å². The predicted molar refractivity (Wildman–Crippen MR) is 48.4 cm³/mol. The summed E-state index contributed by atoms with van der Waals surface area (Å²) >= 11 is 0. The van der Waals surface area contributed by atoms with Crippen LogP contribution >= 0.6 is 0 Å². The van der Waals surface area contributed by atoms with Gasteiger partial charge in [0.1, 0.15) is 0 Å². The maximum atomic E-state index is 2.34. The van der Waals surface area contributed by atoms with Crippen LogP contribution in [0.25, 0.3) is 0 Å². The van der Waals surface area contributed by atoms with Gasteiger partial charge >= 0.3 is 0 Å². The van der Waals surface area contributed by atoms with Gasteiger partial charge in [-0.3, -0.25) is 0 Å². The lowest BCUT2D eigenvalue weighted by Crippen LogP contribution is -1.98. The van der Waals surface area contributed by atoms with E-state index in [0.29, 0.717) is 0 Å². The lowest BCUT2D eigenvalue weighted by Gasteiger charge is -2.18. The highest BCUT2D eigenvalue weighted by molar-refractivity contribution is 5.40. The summed E-state index contributed by atoms with van der Waals surface area (Å²) in [5.41, 5.74) is 3.17. The molecule has 0 unspecified atom stereocenters. The second-order valence-corrected chi connectivity index (χ2v) is 3.39. The lowest BCUT2D eigenvalue weighted by molar-refractivity contribution is 0.718. The van der Waals surface area contributed by atoms with Crippen molar-refractivity contribution in [1.82, 2.24) is 0 Å². The Morgan fingerprint density at radius 3 is 3.00 bits per heavy atom. The highest BCUT2D eigenvalue weighted by atomic mass is 14.2. The van der Waals surface area contributed by atoms with E-state index in [1.54, 1.807) is 5.57 Å². The van der Waals surface area contributed by atoms with E-state index in [-0.39, 0.29) is 0 Å². The molecule has 11 heavy (non-hydrogen) atoms. The Hall–Kier alpha value is -0.780. The molecule has 58 valence electrons. The number of allylic oxidation sites excluding steroid dienone is 6. The first-order valence-corrected chi connectivity index (χ1v) is 4.50. The van der Waals surface area contributed by atoms with Crippen molar-refractivity contribution < 1.29 is 0 Å². The molecular formula is C11H14. The summed E-state index contributed by atoms with van der Waals surface area (Å²) in [6.45, 7) is 0. The van der Waals surface area contributed by atoms with Crippen LogP contribution in [0.3, 0.4) is 0 Å². The molecular weight excluding hydrogens is 132 g/mol. The van der Waals surface area contributed by atoms with Crippen LogP contribution in [0, 0.1) is 0 Å². The standard InChI is InChI=1S/C11H14/c1-2-4-6-10-8-11(9-10)7-5-3-1/h2,4,6,8H,1,3,5,7,9H2/b4-2+,10-6?. The molecule has 0 amide bonds. The van der Waals surface area contributed by atoms with Gasteiger partial charge in [0, 0.05) is 0 Å². The highest BCUT2D eigenvalue weighted by Gasteiger charge is 2.10. The first-order valence-electron chi connectivity index (χ1n) is 4.50. The second kappa shape index (κ2) is 3.08. The molecule has 0 heteroatoms. The van der Waals surface area contributed by atoms with Gasteiger partial charge in [0.2, 0.25) is 0 Å². The number of hydrogen-bond donors (Lipinski definition) is 0. The Morgan fingerprint density at radius 1 is 1.18 bits per heavy atom. The van der Waals surface area contributed by atoms with Crippen molar-refractivity contribution in [2.75, 3.05) is 0 Å². The monoisotopic (exact) mass is 146 g/mol. The zero-order valence-corrected chi connectivity index (χ0v) is 6.84. The van der Waals surface area contributed by atoms with E-state index in [4.69, 9.17) is 0 Å². The van der Waals surface area contributed by atoms with Crippen LogP contribution in [0.5, 0.6) is 0 Å². The van der Waals surface area contributed by atoms with Crippen LogP contribution in [-0.2, 0) is 0 Å². The second-order valence-electron chi connectivity index (χ2n) is 3.39. The van der Waals surface area contributed by atoms with E-state index >= 15 is 0 Å². The van der Waals surface area contributed by atoms with Gasteiger partial charge in [0.15, 0.2) is 0 Å². The summed E-state index contributed by atoms with van der Waals surface area (Å²) in [7, 11) is 0. The Balaban J connectivity index is 2.09. The minimum absolute atomic E-state index is 1.25. The fourth-order valence-corrected chi connectivity index (χ4v) is 1.67. The fourth-order valence-electron chi connectivity index (χ4n) is 1.67. The minimum Gasteiger partial charge on any atom is -0.0845 e. The van der Waals surface area contributed by atoms with Crippen molar-refractivity contribution in [1.29, 1.82) is 0 Å². The molecule has 0 nitrogen and oxygen atoms in total. The van der Waals surface area contributed by atoms with Crippen molar-refractivity contribution in [2.24, 2.45) is 0 Å². The highest BCUT2D eigenvalue weighted by Crippen LogP contribution is 2.29. The zero-order valence-electron chi connectivity index (χ0n) is 6.84. The summed E-state index contributed by atoms with van der Waals surface area (Å²) in [6, 6.07) is 0. The van der Waals surface area contributed by atoms with Gasteiger partial charge in [-0.15, -0.1) is 0 Å². The van der Waals surface area contributed by atoms with E-state index in [1.807, 2.05) is 0 Å². The van der Waals surface area contributed by atoms with Crippen LogP contribution < -0.4 is 0 Å². The lowest BCUT2D eigenvalue weighted by atomic mass is 9.88. The molecule has 0 aliphatic heterocycles. The molecule has 0 heterocycles. The molecule has 3 aliphatic carbocycles. The molecule has 2 bridgehead atoms. The Kier molecular flexibility index (Phi) is 1.93. The number of hydrogen-bond acceptors (Lipinski definition) is 0. The van der Waals surface area contributed by atoms with Crippen molar-refractivity contribution in [3.05, 3.63) is 35.5 Å². The summed E-state index contributed by atoms with van der Waals surface area (Å²) in [4.78, 5) is 0. The average Bonchev–Trinajstić information content (AvgIpc) is 1.99. The molecule has 3 rings (SSSR count). The number of rotatable bonds is 0. The van der Waals surface area contributed by atoms with Crippen molar-refractivity contribution >= 4 is 0 Å². The van der Waals surface area contributed by atoms with Crippen molar-refractivity contribution in [3.63, 3.8) is 0 Å². The third kappa shape index (κ3) is 1.62. The van der Waals surface area contributed by atoms with Gasteiger partial charge in [-0.25, -0.2) is 0 Å². The van der Waals surface area contributed by atoms with Gasteiger partial charge in [-0.2, -0.15) is 0 Å². The normalized spacial score (nSPS) is 26.2. The summed E-state index contributed by atoms with van der Waals surface area (Å²) < 4.78 is 0. The predicted octanol–water partition coefficient (Wildman–Crippen LogP) is 3.37. The van der Waals surface area contributed by atoms with E-state index in [1.165, 1.54) is 37.7 Å². The molecule has 0 aromatic rings. The molecule has 0 aromatic heterocycles. The van der Waals surface area contributed by atoms with E-state index in [9.17, 15) is 0 Å². The zero-order chi connectivity index (χ0) is 7.52. The molecule has 3 aliphatic rings. The first kappa shape index (κ1) is 6.90. The molecule has 0 radical (unpaired) electrons. The molecule has 0 saturated carbocycles. The quantitative estimate of drug-likeness (QED) is 0.491. The maximum Gasteiger partial charge on any atom is -0.00639 e. The Labute approximate surface area is 68.3 Å². The third-order valence-corrected chi connectivity index (χ3v) is 2.39. The largest absolute Gasteiger partial charge is 0.0845 e. The fraction of sp³-hybridized carbons (Fsp3) is 0.455. The molecule has 0 spiro atoms. The summed E-state index contributed by atoms with van der Waals surface area (Å²) in [5, 5.41) is 0. The summed E-state index contributed by atoms with van der Waals surface area (Å²) in [5.74, 6) is 0. The molecule has 0 aromatic carbocycles. The Morgan fingerprint density at radius 2 is 2.09 bits per heavy atom. The third-order valence-electron chi connectivity index (χ3n) is 2.39. The van der Waals surface area contributed by atoms with Crippen LogP contribution in [-0.4, -0.2) is 0 Å². The first-order chi connectivity index (χ1) is 5.45. The molecule has 0 N–H and O–H groups in total. The van der Waals surface area contributed by atoms with E-state index < -0.39 is 0 Å². The van der Waals surface area contributed by atoms with E-state index in [2.05, 4.69) is 24.3 Å². The van der Waals surface area contributed by atoms with Crippen LogP contribution in [0.2, 0.25) is 0 Å². The molecule has 0 saturated heterocycles. The molecule has 0 atom stereocenters. The van der Waals surface area contributed by atoms with Crippen LogP contribution in [0.4, 0.5) is 0 Å². The molecule has 0 fully saturated rings. The minimum atomic E-state index is 1.25. The maximum absolute atomic E-state index is 2.34. The average molecular weight is 146 g/mol. The van der Waals surface area contributed by atoms with Gasteiger partial charge in [-0.1, -0.05) is 29.9 Å². The van der Waals surface area contributed by atoms with Crippen LogP contribution in [0.1, 0.15) is 32.1 Å². The van der Waals surface area contributed by atoms with Gasteiger partial charge in [0.05, 0.1) is 0 Å². The summed E-state index contributed by atoms with van der Waals surface area (Å²) in [6.07, 6.45) is 15.7. The van der Waals surface area contributed by atoms with Crippen molar-refractivity contribution in [2.45, 2.75) is 32.1 Å². The number of fused-ring (bicyclic) bond motifs is 5. The smallest absolute Gasteiger partial charge is 0.00639 e. The van der Waals surface area contributed by atoms with Gasteiger partial charge < -0.3 is 0 Å². The topological polar surface area (TPSA) is 0 Å².